The maximum Gasteiger partial charge on any atom is 0.220 e. The monoisotopic (exact) mass is 246 g/mol. The van der Waals surface area contributed by atoms with Crippen LogP contribution in [0.15, 0.2) is 0 Å². The van der Waals surface area contributed by atoms with Crippen LogP contribution in [0.5, 0.6) is 0 Å². The number of carbonyl (C=O) groups is 1. The molecule has 0 radical (unpaired) electrons. The topological polar surface area (TPSA) is 66.6 Å². The normalized spacial score (nSPS) is 21.6. The Hall–Kier alpha value is -0.260. The summed E-state index contributed by atoms with van der Waals surface area (Å²) in [5.74, 6) is 2.13. The predicted octanol–water partition coefficient (Wildman–Crippen LogP) is 0.298. The Morgan fingerprint density at radius 1 is 1.50 bits per heavy atom. The van der Waals surface area contributed by atoms with Crippen LogP contribution in [0.25, 0.3) is 0 Å². The van der Waals surface area contributed by atoms with E-state index < -0.39 is 12.0 Å². The van der Waals surface area contributed by atoms with Crippen LogP contribution in [0.4, 0.5) is 0 Å². The van der Waals surface area contributed by atoms with Gasteiger partial charge in [-0.25, -0.2) is 0 Å². The molecule has 0 saturated carbocycles. The van der Waals surface area contributed by atoms with Gasteiger partial charge in [0.05, 0.1) is 12.5 Å². The van der Waals surface area contributed by atoms with Crippen LogP contribution in [0, 0.1) is 5.92 Å². The number of aliphatic hydroxyl groups is 1. The van der Waals surface area contributed by atoms with Crippen LogP contribution >= 0.6 is 11.8 Å². The van der Waals surface area contributed by atoms with Crippen LogP contribution in [0.3, 0.4) is 0 Å². The molecule has 0 aromatic rings. The zero-order valence-electron chi connectivity index (χ0n) is 9.89. The summed E-state index contributed by atoms with van der Waals surface area (Å²) in [4.78, 5) is 13.1. The Morgan fingerprint density at radius 3 is 2.69 bits per heavy atom. The number of nitrogens with two attached hydrogens (primary N) is 1. The molecule has 0 spiro atoms. The van der Waals surface area contributed by atoms with E-state index in [2.05, 4.69) is 4.90 Å². The fraction of sp³-hybridized carbons (Fsp3) is 0.909. The first-order valence-corrected chi connectivity index (χ1v) is 7.01. The first-order valence-electron chi connectivity index (χ1n) is 5.86. The largest absolute Gasteiger partial charge is 0.392 e. The van der Waals surface area contributed by atoms with E-state index in [0.29, 0.717) is 0 Å². The van der Waals surface area contributed by atoms with E-state index in [9.17, 15) is 9.90 Å². The Kier molecular flexibility index (Phi) is 6.16. The van der Waals surface area contributed by atoms with Gasteiger partial charge in [-0.3, -0.25) is 4.79 Å². The molecule has 0 aromatic carbocycles. The summed E-state index contributed by atoms with van der Waals surface area (Å²) in [6.07, 6.45) is 0.424. The summed E-state index contributed by atoms with van der Waals surface area (Å²) in [7, 11) is 0. The number of amides is 1. The SMILES string of the molecule is C[C@H](CCN1CCSCC1)[C@@H](O)CC(N)=O. The second-order valence-electron chi connectivity index (χ2n) is 4.46. The fourth-order valence-electron chi connectivity index (χ4n) is 1.81. The average Bonchev–Trinajstić information content (AvgIpc) is 2.26. The van der Waals surface area contributed by atoms with Gasteiger partial charge in [0.1, 0.15) is 0 Å². The molecule has 0 aromatic heterocycles. The Bertz CT molecular complexity index is 220. The Labute approximate surface area is 102 Å². The number of thioether (sulfide) groups is 1. The van der Waals surface area contributed by atoms with Gasteiger partial charge in [0.25, 0.3) is 0 Å². The fourth-order valence-corrected chi connectivity index (χ4v) is 2.79. The zero-order valence-corrected chi connectivity index (χ0v) is 10.7. The summed E-state index contributed by atoms with van der Waals surface area (Å²) in [5, 5.41) is 9.69. The van der Waals surface area contributed by atoms with E-state index in [1.54, 1.807) is 0 Å². The molecule has 1 rings (SSSR count). The van der Waals surface area contributed by atoms with Gasteiger partial charge >= 0.3 is 0 Å². The number of primary amides is 1. The highest BCUT2D eigenvalue weighted by molar-refractivity contribution is 7.99. The molecular formula is C11H22N2O2S. The minimum Gasteiger partial charge on any atom is -0.392 e. The van der Waals surface area contributed by atoms with Crippen molar-refractivity contribution < 1.29 is 9.90 Å². The van der Waals surface area contributed by atoms with Crippen molar-refractivity contribution in [1.29, 1.82) is 0 Å². The number of aliphatic hydroxyl groups excluding tert-OH is 1. The molecule has 94 valence electrons. The maximum atomic E-state index is 10.7. The molecule has 1 fully saturated rings. The highest BCUT2D eigenvalue weighted by Crippen LogP contribution is 2.14. The third-order valence-electron chi connectivity index (χ3n) is 3.07. The van der Waals surface area contributed by atoms with E-state index in [-0.39, 0.29) is 12.3 Å². The molecule has 1 heterocycles. The van der Waals surface area contributed by atoms with E-state index in [1.807, 2.05) is 18.7 Å². The quantitative estimate of drug-likeness (QED) is 0.707. The van der Waals surface area contributed by atoms with E-state index >= 15 is 0 Å². The molecule has 0 aliphatic carbocycles. The molecule has 1 aliphatic heterocycles. The smallest absolute Gasteiger partial charge is 0.220 e. The van der Waals surface area contributed by atoms with Crippen molar-refractivity contribution in [2.75, 3.05) is 31.1 Å². The summed E-state index contributed by atoms with van der Waals surface area (Å²) in [6.45, 7) is 5.27. The third kappa shape index (κ3) is 5.18. The van der Waals surface area contributed by atoms with Gasteiger partial charge in [-0.05, 0) is 18.9 Å². The van der Waals surface area contributed by atoms with E-state index in [0.717, 1.165) is 26.1 Å². The number of rotatable bonds is 6. The van der Waals surface area contributed by atoms with Gasteiger partial charge in [-0.15, -0.1) is 0 Å². The van der Waals surface area contributed by atoms with Gasteiger partial charge in [0.2, 0.25) is 5.91 Å². The third-order valence-corrected chi connectivity index (χ3v) is 4.01. The summed E-state index contributed by atoms with van der Waals surface area (Å²) >= 11 is 2.00. The number of carbonyl (C=O) groups excluding carboxylic acids is 1. The molecule has 4 nitrogen and oxygen atoms in total. The summed E-state index contributed by atoms with van der Waals surface area (Å²) in [5.41, 5.74) is 5.06. The maximum absolute atomic E-state index is 10.7. The molecule has 1 saturated heterocycles. The van der Waals surface area contributed by atoms with Crippen LogP contribution < -0.4 is 5.73 Å². The minimum atomic E-state index is -0.586. The van der Waals surface area contributed by atoms with Gasteiger partial charge in [0.15, 0.2) is 0 Å². The van der Waals surface area contributed by atoms with Crippen molar-refractivity contribution in [1.82, 2.24) is 4.90 Å². The number of hydrogen-bond donors (Lipinski definition) is 2. The molecule has 5 heteroatoms. The molecule has 16 heavy (non-hydrogen) atoms. The van der Waals surface area contributed by atoms with E-state index in [1.165, 1.54) is 11.5 Å². The second kappa shape index (κ2) is 7.14. The molecule has 2 atom stereocenters. The van der Waals surface area contributed by atoms with Crippen molar-refractivity contribution in [3.8, 4) is 0 Å². The van der Waals surface area contributed by atoms with Gasteiger partial charge in [-0.1, -0.05) is 6.92 Å². The van der Waals surface area contributed by atoms with Gasteiger partial charge in [-0.2, -0.15) is 11.8 Å². The lowest BCUT2D eigenvalue weighted by Gasteiger charge is -2.28. The Morgan fingerprint density at radius 2 is 2.12 bits per heavy atom. The van der Waals surface area contributed by atoms with Crippen molar-refractivity contribution >= 4 is 17.7 Å². The van der Waals surface area contributed by atoms with Crippen LogP contribution in [-0.4, -0.2) is 53.2 Å². The predicted molar refractivity (Wildman–Crippen MR) is 67.4 cm³/mol. The van der Waals surface area contributed by atoms with Crippen LogP contribution in [0.2, 0.25) is 0 Å². The highest BCUT2D eigenvalue weighted by atomic mass is 32.2. The van der Waals surface area contributed by atoms with Crippen LogP contribution in [-0.2, 0) is 4.79 Å². The molecular weight excluding hydrogens is 224 g/mol. The molecule has 1 amide bonds. The number of nitrogens with zero attached hydrogens (tertiary/aromatic N) is 1. The molecule has 1 aliphatic rings. The summed E-state index contributed by atoms with van der Waals surface area (Å²) < 4.78 is 0. The number of hydrogen-bond acceptors (Lipinski definition) is 4. The minimum absolute atomic E-state index is 0.0804. The lowest BCUT2D eigenvalue weighted by molar-refractivity contribution is -0.120. The molecule has 0 unspecified atom stereocenters. The Balaban J connectivity index is 2.17. The van der Waals surface area contributed by atoms with Gasteiger partial charge < -0.3 is 15.7 Å². The van der Waals surface area contributed by atoms with Gasteiger partial charge in [0, 0.05) is 24.6 Å². The first kappa shape index (κ1) is 13.8. The highest BCUT2D eigenvalue weighted by Gasteiger charge is 2.18. The average molecular weight is 246 g/mol. The molecule has 3 N–H and O–H groups in total. The lowest BCUT2D eigenvalue weighted by Crippen LogP contribution is -2.35. The molecule has 0 bridgehead atoms. The van der Waals surface area contributed by atoms with Crippen molar-refractivity contribution in [3.63, 3.8) is 0 Å². The van der Waals surface area contributed by atoms with Crippen molar-refractivity contribution in [3.05, 3.63) is 0 Å². The standard InChI is InChI=1S/C11H22N2O2S/c1-9(10(14)8-11(12)15)2-3-13-4-6-16-7-5-13/h9-10,14H,2-8H2,1H3,(H2,12,15)/t9-,10+/m1/s1. The van der Waals surface area contributed by atoms with Crippen LogP contribution in [0.1, 0.15) is 19.8 Å². The van der Waals surface area contributed by atoms with E-state index in [4.69, 9.17) is 5.73 Å². The summed E-state index contributed by atoms with van der Waals surface area (Å²) in [6, 6.07) is 0. The van der Waals surface area contributed by atoms with Crippen molar-refractivity contribution in [2.24, 2.45) is 11.7 Å². The second-order valence-corrected chi connectivity index (χ2v) is 5.68. The zero-order chi connectivity index (χ0) is 12.0. The first-order chi connectivity index (χ1) is 7.59. The lowest BCUT2D eigenvalue weighted by atomic mass is 9.98. The van der Waals surface area contributed by atoms with Crippen molar-refractivity contribution in [2.45, 2.75) is 25.9 Å².